The highest BCUT2D eigenvalue weighted by molar-refractivity contribution is 6.30. The summed E-state index contributed by atoms with van der Waals surface area (Å²) < 4.78 is 13.4. The van der Waals surface area contributed by atoms with Gasteiger partial charge in [0.25, 0.3) is 0 Å². The number of rotatable bonds is 8. The molecule has 3 atom stereocenters. The number of benzene rings is 2. The van der Waals surface area contributed by atoms with Crippen molar-refractivity contribution in [2.75, 3.05) is 6.54 Å². The van der Waals surface area contributed by atoms with E-state index in [1.54, 1.807) is 43.3 Å². The maximum Gasteiger partial charge on any atom is 0.237 e. The highest BCUT2D eigenvalue weighted by Crippen LogP contribution is 2.29. The smallest absolute Gasteiger partial charge is 0.237 e. The van der Waals surface area contributed by atoms with Gasteiger partial charge in [-0.05, 0) is 48.9 Å². The second-order valence-corrected chi connectivity index (χ2v) is 8.58. The number of nitrogens with zero attached hydrogens (tertiary/aromatic N) is 1. The average molecular weight is 460 g/mol. The first kappa shape index (κ1) is 23.7. The minimum atomic E-state index is -0.550. The van der Waals surface area contributed by atoms with Crippen molar-refractivity contribution in [1.82, 2.24) is 10.2 Å². The van der Waals surface area contributed by atoms with E-state index in [4.69, 9.17) is 28.5 Å². The Morgan fingerprint density at radius 3 is 2.47 bits per heavy atom. The number of hydrogen-bond donors (Lipinski definition) is 4. The molecule has 1 heterocycles. The molecular formula is C23H27ClFN5O2. The van der Waals surface area contributed by atoms with Crippen LogP contribution in [0.3, 0.4) is 0 Å². The first-order chi connectivity index (χ1) is 15.2. The molecule has 0 aliphatic carbocycles. The van der Waals surface area contributed by atoms with Gasteiger partial charge in [0.05, 0.1) is 17.1 Å². The number of primary amides is 1. The molecule has 2 aromatic rings. The zero-order valence-corrected chi connectivity index (χ0v) is 18.5. The minimum absolute atomic E-state index is 0.0156. The summed E-state index contributed by atoms with van der Waals surface area (Å²) in [6.45, 7) is 2.58. The molecule has 0 bridgehead atoms. The maximum atomic E-state index is 13.4. The lowest BCUT2D eigenvalue weighted by molar-refractivity contribution is -0.129. The number of amidine groups is 1. The summed E-state index contributed by atoms with van der Waals surface area (Å²) in [7, 11) is 0. The Kier molecular flexibility index (Phi) is 7.48. The van der Waals surface area contributed by atoms with Crippen LogP contribution in [0, 0.1) is 17.1 Å². The van der Waals surface area contributed by atoms with Crippen molar-refractivity contribution >= 4 is 29.3 Å². The van der Waals surface area contributed by atoms with Gasteiger partial charge in [0.15, 0.2) is 0 Å². The van der Waals surface area contributed by atoms with E-state index in [0.717, 1.165) is 11.1 Å². The number of nitrogens with two attached hydrogens (primary N) is 2. The van der Waals surface area contributed by atoms with E-state index in [1.807, 2.05) is 4.90 Å². The van der Waals surface area contributed by atoms with E-state index in [2.05, 4.69) is 5.32 Å². The Morgan fingerprint density at radius 2 is 1.88 bits per heavy atom. The van der Waals surface area contributed by atoms with Gasteiger partial charge in [0.2, 0.25) is 11.8 Å². The molecule has 6 N–H and O–H groups in total. The van der Waals surface area contributed by atoms with Gasteiger partial charge in [-0.2, -0.15) is 0 Å². The van der Waals surface area contributed by atoms with Gasteiger partial charge in [-0.15, -0.1) is 0 Å². The maximum absolute atomic E-state index is 13.4. The fraction of sp³-hybridized carbons (Fsp3) is 0.348. The molecule has 9 heteroatoms. The molecular weight excluding hydrogens is 433 g/mol. The van der Waals surface area contributed by atoms with Crippen molar-refractivity contribution in [3.8, 4) is 0 Å². The lowest BCUT2D eigenvalue weighted by Crippen LogP contribution is -2.51. The van der Waals surface area contributed by atoms with Crippen LogP contribution in [-0.4, -0.2) is 41.2 Å². The molecule has 170 valence electrons. The molecule has 2 aromatic carbocycles. The van der Waals surface area contributed by atoms with Crippen LogP contribution in [0.5, 0.6) is 0 Å². The third kappa shape index (κ3) is 5.63. The van der Waals surface area contributed by atoms with Crippen molar-refractivity contribution in [2.24, 2.45) is 17.4 Å². The quantitative estimate of drug-likeness (QED) is 0.356. The van der Waals surface area contributed by atoms with Crippen molar-refractivity contribution in [1.29, 1.82) is 5.41 Å². The Labute approximate surface area is 191 Å². The van der Waals surface area contributed by atoms with Crippen LogP contribution < -0.4 is 16.8 Å². The van der Waals surface area contributed by atoms with Gasteiger partial charge in [0.1, 0.15) is 11.7 Å². The molecule has 0 aromatic heterocycles. The van der Waals surface area contributed by atoms with Crippen LogP contribution in [0.25, 0.3) is 0 Å². The van der Waals surface area contributed by atoms with E-state index < -0.39 is 23.8 Å². The second-order valence-electron chi connectivity index (χ2n) is 8.17. The summed E-state index contributed by atoms with van der Waals surface area (Å²) in [5.41, 5.74) is 13.4. The molecule has 32 heavy (non-hydrogen) atoms. The van der Waals surface area contributed by atoms with E-state index >= 15 is 0 Å². The average Bonchev–Trinajstić information content (AvgIpc) is 3.18. The molecule has 3 rings (SSSR count). The van der Waals surface area contributed by atoms with E-state index in [9.17, 15) is 14.0 Å². The molecule has 0 spiro atoms. The summed E-state index contributed by atoms with van der Waals surface area (Å²) in [6.07, 6.45) is 1.13. The van der Waals surface area contributed by atoms with Crippen molar-refractivity contribution in [2.45, 2.75) is 38.4 Å². The first-order valence-electron chi connectivity index (χ1n) is 10.4. The summed E-state index contributed by atoms with van der Waals surface area (Å²) >= 11 is 5.88. The van der Waals surface area contributed by atoms with Gasteiger partial charge < -0.3 is 16.8 Å². The molecule has 1 aliphatic rings. The summed E-state index contributed by atoms with van der Waals surface area (Å²) in [5.74, 6) is -1.08. The van der Waals surface area contributed by atoms with Crippen LogP contribution in [0.2, 0.25) is 5.02 Å². The van der Waals surface area contributed by atoms with Crippen LogP contribution in [0.1, 0.15) is 30.0 Å². The zero-order valence-electron chi connectivity index (χ0n) is 17.8. The molecule has 7 nitrogen and oxygen atoms in total. The predicted octanol–water partition coefficient (Wildman–Crippen LogP) is 2.19. The summed E-state index contributed by atoms with van der Waals surface area (Å²) in [5, 5.41) is 10.4. The molecule has 1 fully saturated rings. The van der Waals surface area contributed by atoms with E-state index in [1.165, 1.54) is 6.07 Å². The van der Waals surface area contributed by atoms with Crippen molar-refractivity contribution in [3.63, 3.8) is 0 Å². The Bertz CT molecular complexity index is 1010. The number of carbonyl (C=O) groups is 2. The predicted molar refractivity (Wildman–Crippen MR) is 122 cm³/mol. The van der Waals surface area contributed by atoms with Crippen LogP contribution in [0.4, 0.5) is 4.39 Å². The molecule has 2 amide bonds. The fourth-order valence-electron chi connectivity index (χ4n) is 4.10. The number of hydrogen-bond acceptors (Lipinski definition) is 4. The standard InChI is InChI=1S/C23H27ClFN5O2/c1-13(23(32)29-11-14-2-5-17(6-3-14)21(26)27)30-12-16(10-20(30)22(28)31)8-15-4-7-19(25)18(24)9-15/h2-7,9,13,16,20H,8,10-12H2,1H3,(H3,26,27)(H2,28,31)(H,29,32)/t13-,16?,20?/m0/s1. The third-order valence-corrected chi connectivity index (χ3v) is 6.16. The van der Waals surface area contributed by atoms with Gasteiger partial charge in [-0.3, -0.25) is 19.9 Å². The lowest BCUT2D eigenvalue weighted by Gasteiger charge is -2.28. The number of nitrogen functional groups attached to an aromatic ring is 1. The second kappa shape index (κ2) is 10.1. The Balaban J connectivity index is 1.62. The highest BCUT2D eigenvalue weighted by Gasteiger charge is 2.40. The minimum Gasteiger partial charge on any atom is -0.384 e. The number of likely N-dealkylation sites (tertiary alicyclic amines) is 1. The van der Waals surface area contributed by atoms with Gasteiger partial charge in [0, 0.05) is 18.7 Å². The number of nitrogens with one attached hydrogen (secondary N) is 2. The van der Waals surface area contributed by atoms with Gasteiger partial charge in [-0.1, -0.05) is 41.9 Å². The monoisotopic (exact) mass is 459 g/mol. The fourth-order valence-corrected chi connectivity index (χ4v) is 4.30. The largest absolute Gasteiger partial charge is 0.384 e. The SMILES string of the molecule is C[C@@H](C(=O)NCc1ccc(C(=N)N)cc1)N1CC(Cc2ccc(F)c(Cl)c2)CC1C(N)=O. The number of halogens is 2. The third-order valence-electron chi connectivity index (χ3n) is 5.87. The highest BCUT2D eigenvalue weighted by atomic mass is 35.5. The summed E-state index contributed by atoms with van der Waals surface area (Å²) in [6, 6.07) is 10.5. The molecule has 0 saturated carbocycles. The molecule has 0 radical (unpaired) electrons. The zero-order chi connectivity index (χ0) is 23.4. The van der Waals surface area contributed by atoms with Crippen LogP contribution >= 0.6 is 11.6 Å². The van der Waals surface area contributed by atoms with Gasteiger partial charge >= 0.3 is 0 Å². The summed E-state index contributed by atoms with van der Waals surface area (Å²) in [4.78, 5) is 26.7. The van der Waals surface area contributed by atoms with Crippen LogP contribution in [0.15, 0.2) is 42.5 Å². The normalized spacial score (nSPS) is 19.5. The van der Waals surface area contributed by atoms with Gasteiger partial charge in [-0.25, -0.2) is 4.39 Å². The Morgan fingerprint density at radius 1 is 1.22 bits per heavy atom. The number of carbonyl (C=O) groups excluding carboxylic acids is 2. The molecule has 2 unspecified atom stereocenters. The molecule has 1 saturated heterocycles. The Hall–Kier alpha value is -2.97. The van der Waals surface area contributed by atoms with Crippen molar-refractivity contribution in [3.05, 3.63) is 70.0 Å². The number of amides is 2. The van der Waals surface area contributed by atoms with Crippen molar-refractivity contribution < 1.29 is 14.0 Å². The van der Waals surface area contributed by atoms with E-state index in [0.29, 0.717) is 31.5 Å². The molecule has 1 aliphatic heterocycles. The first-order valence-corrected chi connectivity index (χ1v) is 10.7. The lowest BCUT2D eigenvalue weighted by atomic mass is 9.96. The van der Waals surface area contributed by atoms with E-state index in [-0.39, 0.29) is 22.7 Å². The van der Waals surface area contributed by atoms with Crippen LogP contribution in [-0.2, 0) is 22.6 Å². The topological polar surface area (TPSA) is 125 Å².